The van der Waals surface area contributed by atoms with E-state index in [0.29, 0.717) is 0 Å². The van der Waals surface area contributed by atoms with Crippen molar-refractivity contribution in [2.24, 2.45) is 11.8 Å². The van der Waals surface area contributed by atoms with Crippen LogP contribution in [0.4, 0.5) is 0 Å². The standard InChI is InChI=1S/C20H33N3/c1-22(15-18-5-3-2-4-6-18)16-20-9-13-23(14-10-20)17-19-7-11-21-12-8-19/h2-6,19-21H,7-17H2,1H3. The Balaban J connectivity index is 1.35. The molecule has 1 aromatic carbocycles. The second-order valence-electron chi connectivity index (χ2n) is 7.62. The molecule has 0 radical (unpaired) electrons. The average Bonchev–Trinajstić information content (AvgIpc) is 2.58. The molecule has 0 amide bonds. The van der Waals surface area contributed by atoms with Crippen molar-refractivity contribution in [1.29, 1.82) is 0 Å². The van der Waals surface area contributed by atoms with Crippen LogP contribution < -0.4 is 5.32 Å². The van der Waals surface area contributed by atoms with Gasteiger partial charge in [0, 0.05) is 19.6 Å². The number of nitrogens with one attached hydrogen (secondary N) is 1. The Kier molecular flexibility index (Phi) is 6.49. The highest BCUT2D eigenvalue weighted by atomic mass is 15.1. The van der Waals surface area contributed by atoms with Crippen LogP contribution in [-0.4, -0.2) is 56.1 Å². The lowest BCUT2D eigenvalue weighted by Gasteiger charge is -2.36. The summed E-state index contributed by atoms with van der Waals surface area (Å²) in [5.41, 5.74) is 1.43. The molecule has 0 atom stereocenters. The molecule has 2 heterocycles. The quantitative estimate of drug-likeness (QED) is 0.871. The molecule has 0 bridgehead atoms. The lowest BCUT2D eigenvalue weighted by atomic mass is 9.93. The Hall–Kier alpha value is -0.900. The summed E-state index contributed by atoms with van der Waals surface area (Å²) in [6, 6.07) is 10.8. The smallest absolute Gasteiger partial charge is 0.0230 e. The highest BCUT2D eigenvalue weighted by Crippen LogP contribution is 2.21. The molecule has 128 valence electrons. The van der Waals surface area contributed by atoms with E-state index < -0.39 is 0 Å². The summed E-state index contributed by atoms with van der Waals surface area (Å²) in [4.78, 5) is 5.23. The zero-order valence-electron chi connectivity index (χ0n) is 14.7. The molecule has 3 heteroatoms. The molecular formula is C20H33N3. The van der Waals surface area contributed by atoms with Crippen molar-refractivity contribution in [2.45, 2.75) is 32.2 Å². The van der Waals surface area contributed by atoms with Crippen molar-refractivity contribution in [3.05, 3.63) is 35.9 Å². The Morgan fingerprint density at radius 2 is 1.70 bits per heavy atom. The maximum absolute atomic E-state index is 3.48. The van der Waals surface area contributed by atoms with E-state index in [4.69, 9.17) is 0 Å². The van der Waals surface area contributed by atoms with Crippen LogP contribution in [0.15, 0.2) is 30.3 Å². The first-order valence-electron chi connectivity index (χ1n) is 9.45. The Labute approximate surface area is 142 Å². The largest absolute Gasteiger partial charge is 0.317 e. The zero-order chi connectivity index (χ0) is 15.9. The summed E-state index contributed by atoms with van der Waals surface area (Å²) in [6.07, 6.45) is 5.51. The molecule has 3 nitrogen and oxygen atoms in total. The molecule has 0 aliphatic carbocycles. The van der Waals surface area contributed by atoms with Gasteiger partial charge in [0.2, 0.25) is 0 Å². The zero-order valence-corrected chi connectivity index (χ0v) is 14.7. The van der Waals surface area contributed by atoms with Gasteiger partial charge in [0.15, 0.2) is 0 Å². The number of piperidine rings is 2. The fraction of sp³-hybridized carbons (Fsp3) is 0.700. The maximum Gasteiger partial charge on any atom is 0.0230 e. The summed E-state index contributed by atoms with van der Waals surface area (Å²) in [7, 11) is 2.27. The molecular weight excluding hydrogens is 282 g/mol. The fourth-order valence-electron chi connectivity index (χ4n) is 4.18. The number of hydrogen-bond donors (Lipinski definition) is 1. The van der Waals surface area contributed by atoms with Gasteiger partial charge in [-0.15, -0.1) is 0 Å². The molecule has 1 aromatic rings. The molecule has 2 aliphatic rings. The minimum Gasteiger partial charge on any atom is -0.317 e. The summed E-state index contributed by atoms with van der Waals surface area (Å²) in [6.45, 7) is 8.75. The first kappa shape index (κ1) is 16.9. The van der Waals surface area contributed by atoms with Crippen LogP contribution in [0.25, 0.3) is 0 Å². The van der Waals surface area contributed by atoms with Crippen molar-refractivity contribution in [1.82, 2.24) is 15.1 Å². The topological polar surface area (TPSA) is 18.5 Å². The third-order valence-corrected chi connectivity index (χ3v) is 5.55. The van der Waals surface area contributed by atoms with Gasteiger partial charge in [0.1, 0.15) is 0 Å². The normalized spacial score (nSPS) is 21.8. The summed E-state index contributed by atoms with van der Waals surface area (Å²) < 4.78 is 0. The van der Waals surface area contributed by atoms with Crippen molar-refractivity contribution in [2.75, 3.05) is 46.3 Å². The van der Waals surface area contributed by atoms with E-state index in [0.717, 1.165) is 18.4 Å². The van der Waals surface area contributed by atoms with Gasteiger partial charge in [0.05, 0.1) is 0 Å². The number of rotatable bonds is 6. The molecule has 2 fully saturated rings. The predicted molar refractivity (Wildman–Crippen MR) is 97.5 cm³/mol. The number of nitrogens with zero attached hydrogens (tertiary/aromatic N) is 2. The van der Waals surface area contributed by atoms with Crippen LogP contribution in [0, 0.1) is 11.8 Å². The van der Waals surface area contributed by atoms with Crippen molar-refractivity contribution in [3.8, 4) is 0 Å². The molecule has 23 heavy (non-hydrogen) atoms. The highest BCUT2D eigenvalue weighted by Gasteiger charge is 2.23. The fourth-order valence-corrected chi connectivity index (χ4v) is 4.18. The summed E-state index contributed by atoms with van der Waals surface area (Å²) >= 11 is 0. The summed E-state index contributed by atoms with van der Waals surface area (Å²) in [5, 5.41) is 3.48. The third kappa shape index (κ3) is 5.59. The number of hydrogen-bond acceptors (Lipinski definition) is 3. The van der Waals surface area contributed by atoms with Crippen molar-refractivity contribution < 1.29 is 0 Å². The molecule has 2 aliphatic heterocycles. The van der Waals surface area contributed by atoms with E-state index in [-0.39, 0.29) is 0 Å². The Morgan fingerprint density at radius 1 is 1.00 bits per heavy atom. The molecule has 3 rings (SSSR count). The summed E-state index contributed by atoms with van der Waals surface area (Å²) in [5.74, 6) is 1.82. The van der Waals surface area contributed by atoms with E-state index >= 15 is 0 Å². The van der Waals surface area contributed by atoms with Crippen LogP contribution in [0.3, 0.4) is 0 Å². The van der Waals surface area contributed by atoms with Crippen LogP contribution in [0.2, 0.25) is 0 Å². The minimum absolute atomic E-state index is 0.882. The van der Waals surface area contributed by atoms with E-state index in [1.807, 2.05) is 0 Å². The van der Waals surface area contributed by atoms with E-state index in [1.165, 1.54) is 70.5 Å². The van der Waals surface area contributed by atoms with Crippen LogP contribution in [-0.2, 0) is 6.54 Å². The van der Waals surface area contributed by atoms with Gasteiger partial charge in [-0.1, -0.05) is 30.3 Å². The van der Waals surface area contributed by atoms with Crippen molar-refractivity contribution >= 4 is 0 Å². The first-order valence-corrected chi connectivity index (χ1v) is 9.45. The number of benzene rings is 1. The Morgan fingerprint density at radius 3 is 2.39 bits per heavy atom. The van der Waals surface area contributed by atoms with E-state index in [1.54, 1.807) is 0 Å². The molecule has 0 saturated carbocycles. The van der Waals surface area contributed by atoms with E-state index in [2.05, 4.69) is 52.5 Å². The third-order valence-electron chi connectivity index (χ3n) is 5.55. The highest BCUT2D eigenvalue weighted by molar-refractivity contribution is 5.14. The van der Waals surface area contributed by atoms with Gasteiger partial charge in [-0.3, -0.25) is 0 Å². The van der Waals surface area contributed by atoms with E-state index in [9.17, 15) is 0 Å². The molecule has 0 aromatic heterocycles. The van der Waals surface area contributed by atoms with Gasteiger partial charge in [0.25, 0.3) is 0 Å². The van der Waals surface area contributed by atoms with Crippen LogP contribution in [0.5, 0.6) is 0 Å². The maximum atomic E-state index is 3.48. The monoisotopic (exact) mass is 315 g/mol. The predicted octanol–water partition coefficient (Wildman–Crippen LogP) is 2.83. The second kappa shape index (κ2) is 8.81. The first-order chi connectivity index (χ1) is 11.3. The molecule has 2 saturated heterocycles. The lowest BCUT2D eigenvalue weighted by molar-refractivity contribution is 0.128. The van der Waals surface area contributed by atoms with Gasteiger partial charge >= 0.3 is 0 Å². The SMILES string of the molecule is CN(Cc1ccccc1)CC1CCN(CC2CCNCC2)CC1. The van der Waals surface area contributed by atoms with Gasteiger partial charge in [-0.2, -0.15) is 0 Å². The minimum atomic E-state index is 0.882. The van der Waals surface area contributed by atoms with Crippen molar-refractivity contribution in [3.63, 3.8) is 0 Å². The Bertz CT molecular complexity index is 433. The molecule has 0 unspecified atom stereocenters. The average molecular weight is 316 g/mol. The van der Waals surface area contributed by atoms with Crippen LogP contribution >= 0.6 is 0 Å². The van der Waals surface area contributed by atoms with Gasteiger partial charge < -0.3 is 15.1 Å². The number of likely N-dealkylation sites (tertiary alicyclic amines) is 1. The molecule has 0 spiro atoms. The second-order valence-corrected chi connectivity index (χ2v) is 7.62. The van der Waals surface area contributed by atoms with Gasteiger partial charge in [-0.25, -0.2) is 0 Å². The molecule has 1 N–H and O–H groups in total. The lowest BCUT2D eigenvalue weighted by Crippen LogP contribution is -2.41. The van der Waals surface area contributed by atoms with Crippen LogP contribution in [0.1, 0.15) is 31.2 Å². The van der Waals surface area contributed by atoms with Gasteiger partial charge in [-0.05, 0) is 76.3 Å².